The van der Waals surface area contributed by atoms with Gasteiger partial charge in [-0.3, -0.25) is 4.79 Å². The van der Waals surface area contributed by atoms with E-state index in [0.29, 0.717) is 34.3 Å². The lowest BCUT2D eigenvalue weighted by atomic mass is 9.97. The monoisotopic (exact) mass is 484 g/mol. The van der Waals surface area contributed by atoms with Crippen LogP contribution in [-0.2, 0) is 37.1 Å². The van der Waals surface area contributed by atoms with Gasteiger partial charge in [0.1, 0.15) is 29.8 Å². The van der Waals surface area contributed by atoms with E-state index in [1.807, 2.05) is 6.07 Å². The second kappa shape index (κ2) is 9.81. The highest BCUT2D eigenvalue weighted by Gasteiger charge is 2.35. The molecule has 0 unspecified atom stereocenters. The number of rotatable bonds is 8. The van der Waals surface area contributed by atoms with E-state index in [1.165, 1.54) is 6.07 Å². The molecule has 0 atom stereocenters. The lowest BCUT2D eigenvalue weighted by Crippen LogP contribution is -2.06. The Kier molecular flexibility index (Phi) is 6.81. The lowest BCUT2D eigenvalue weighted by Gasteiger charge is -2.14. The summed E-state index contributed by atoms with van der Waals surface area (Å²) in [5.74, 6) is -0.725. The minimum Gasteiger partial charge on any atom is -0.489 e. The maximum Gasteiger partial charge on any atom is 0.420 e. The number of aliphatic carboxylic acids is 1. The van der Waals surface area contributed by atoms with Gasteiger partial charge in [-0.1, -0.05) is 30.3 Å². The van der Waals surface area contributed by atoms with Gasteiger partial charge < -0.3 is 25.7 Å². The first-order valence-electron chi connectivity index (χ1n) is 10.8. The van der Waals surface area contributed by atoms with Crippen molar-refractivity contribution >= 4 is 16.9 Å². The number of ether oxygens (including phenoxy) is 1. The molecule has 4 aromatic rings. The van der Waals surface area contributed by atoms with Gasteiger partial charge in [-0.25, -0.2) is 0 Å². The number of furan rings is 1. The first-order valence-corrected chi connectivity index (χ1v) is 10.8. The number of halogens is 3. The van der Waals surface area contributed by atoms with Crippen molar-refractivity contribution in [3.05, 3.63) is 88.7 Å². The fourth-order valence-corrected chi connectivity index (χ4v) is 3.91. The van der Waals surface area contributed by atoms with Crippen molar-refractivity contribution in [2.24, 2.45) is 11.5 Å². The lowest BCUT2D eigenvalue weighted by molar-refractivity contribution is -0.137. The van der Waals surface area contributed by atoms with Crippen LogP contribution in [0.4, 0.5) is 13.2 Å². The van der Waals surface area contributed by atoms with Gasteiger partial charge >= 0.3 is 12.1 Å². The Morgan fingerprint density at radius 2 is 1.71 bits per heavy atom. The second-order valence-electron chi connectivity index (χ2n) is 8.08. The number of carboxylic acids is 1. The fraction of sp³-hybridized carbons (Fsp3) is 0.192. The summed E-state index contributed by atoms with van der Waals surface area (Å²) in [6, 6.07) is 15.2. The molecule has 0 fully saturated rings. The highest BCUT2D eigenvalue weighted by atomic mass is 19.4. The van der Waals surface area contributed by atoms with Crippen molar-refractivity contribution in [3.8, 4) is 16.9 Å². The fourth-order valence-electron chi connectivity index (χ4n) is 3.91. The molecule has 4 rings (SSSR count). The van der Waals surface area contributed by atoms with Crippen LogP contribution in [0.3, 0.4) is 0 Å². The molecule has 5 N–H and O–H groups in total. The van der Waals surface area contributed by atoms with Crippen LogP contribution in [0.5, 0.6) is 5.75 Å². The predicted octanol–water partition coefficient (Wildman–Crippen LogP) is 5.24. The first kappa shape index (κ1) is 24.3. The molecule has 0 saturated carbocycles. The van der Waals surface area contributed by atoms with Crippen LogP contribution in [-0.4, -0.2) is 11.1 Å². The largest absolute Gasteiger partial charge is 0.489 e. The number of carbonyl (C=O) groups is 1. The highest BCUT2D eigenvalue weighted by molar-refractivity contribution is 5.95. The van der Waals surface area contributed by atoms with Crippen molar-refractivity contribution < 1.29 is 32.2 Å². The van der Waals surface area contributed by atoms with Gasteiger partial charge in [0.05, 0.1) is 6.42 Å². The molecule has 1 heterocycles. The molecular formula is C26H23F3N2O4. The van der Waals surface area contributed by atoms with E-state index in [1.54, 1.807) is 42.5 Å². The summed E-state index contributed by atoms with van der Waals surface area (Å²) in [4.78, 5) is 11.2. The third kappa shape index (κ3) is 5.31. The molecule has 3 aromatic carbocycles. The smallest absolute Gasteiger partial charge is 0.420 e. The molecule has 0 saturated heterocycles. The number of hydrogen-bond donors (Lipinski definition) is 3. The van der Waals surface area contributed by atoms with Gasteiger partial charge in [-0.05, 0) is 46.5 Å². The van der Waals surface area contributed by atoms with Gasteiger partial charge in [0.15, 0.2) is 0 Å². The van der Waals surface area contributed by atoms with Crippen LogP contribution in [0.15, 0.2) is 65.3 Å². The zero-order chi connectivity index (χ0) is 25.2. The summed E-state index contributed by atoms with van der Waals surface area (Å²) in [6.07, 6.45) is -4.16. The van der Waals surface area contributed by atoms with Crippen LogP contribution in [0.25, 0.3) is 22.1 Å². The summed E-state index contributed by atoms with van der Waals surface area (Å²) in [5, 5.41) is 9.11. The van der Waals surface area contributed by atoms with E-state index < -0.39 is 17.7 Å². The van der Waals surface area contributed by atoms with Crippen molar-refractivity contribution in [2.75, 3.05) is 0 Å². The Balaban J connectivity index is 1.79. The molecule has 0 aliphatic rings. The van der Waals surface area contributed by atoms with Crippen molar-refractivity contribution in [1.82, 2.24) is 0 Å². The average Bonchev–Trinajstić information content (AvgIpc) is 3.27. The van der Waals surface area contributed by atoms with Gasteiger partial charge in [-0.15, -0.1) is 0 Å². The minimum absolute atomic E-state index is 0.0896. The minimum atomic E-state index is -4.61. The predicted molar refractivity (Wildman–Crippen MR) is 125 cm³/mol. The molecule has 35 heavy (non-hydrogen) atoms. The number of carboxylic acid groups (broad SMARTS) is 1. The Bertz CT molecular complexity index is 1380. The van der Waals surface area contributed by atoms with E-state index in [2.05, 4.69) is 0 Å². The Hall–Kier alpha value is -3.82. The molecule has 6 nitrogen and oxygen atoms in total. The summed E-state index contributed by atoms with van der Waals surface area (Å²) < 4.78 is 52.3. The van der Waals surface area contributed by atoms with E-state index in [9.17, 15) is 23.1 Å². The number of alkyl halides is 3. The van der Waals surface area contributed by atoms with Crippen molar-refractivity contribution in [1.29, 1.82) is 0 Å². The third-order valence-corrected chi connectivity index (χ3v) is 5.62. The molecular weight excluding hydrogens is 461 g/mol. The molecule has 0 radical (unpaired) electrons. The topological polar surface area (TPSA) is 112 Å². The average molecular weight is 484 g/mol. The zero-order valence-corrected chi connectivity index (χ0v) is 18.6. The van der Waals surface area contributed by atoms with Gasteiger partial charge in [0.2, 0.25) is 0 Å². The molecule has 1 aromatic heterocycles. The number of hydrogen-bond acceptors (Lipinski definition) is 5. The summed E-state index contributed by atoms with van der Waals surface area (Å²) in [5.41, 5.74) is 14.2. The number of benzene rings is 3. The zero-order valence-electron chi connectivity index (χ0n) is 18.6. The second-order valence-corrected chi connectivity index (χ2v) is 8.08. The van der Waals surface area contributed by atoms with Crippen LogP contribution in [0.2, 0.25) is 0 Å². The van der Waals surface area contributed by atoms with Crippen LogP contribution >= 0.6 is 0 Å². The van der Waals surface area contributed by atoms with E-state index in [-0.39, 0.29) is 37.1 Å². The molecule has 0 aliphatic heterocycles. The van der Waals surface area contributed by atoms with Gasteiger partial charge in [0, 0.05) is 29.6 Å². The molecule has 182 valence electrons. The molecule has 0 spiro atoms. The van der Waals surface area contributed by atoms with Gasteiger partial charge in [-0.2, -0.15) is 13.2 Å². The summed E-state index contributed by atoms with van der Waals surface area (Å²) in [6.45, 7) is 0.402. The van der Waals surface area contributed by atoms with Crippen LogP contribution in [0, 0.1) is 0 Å². The summed E-state index contributed by atoms with van der Waals surface area (Å²) >= 11 is 0. The molecule has 0 bridgehead atoms. The Labute approximate surface area is 198 Å². The maximum absolute atomic E-state index is 13.7. The van der Waals surface area contributed by atoms with E-state index >= 15 is 0 Å². The van der Waals surface area contributed by atoms with Gasteiger partial charge in [0.25, 0.3) is 0 Å². The first-order chi connectivity index (χ1) is 16.7. The molecule has 0 aliphatic carbocycles. The van der Waals surface area contributed by atoms with Crippen LogP contribution < -0.4 is 16.2 Å². The number of fused-ring (bicyclic) bond motifs is 1. The standard InChI is InChI=1S/C26H23F3N2O4/c27-26(28,29)22-14-35-25-20(18-3-1-2-15(6-18)11-30)7-17(8-21(22)25)13-34-23-9-16(12-31)4-5-19(23)10-24(32)33/h1-9,14H,10-13,30-31H2,(H,32,33). The maximum atomic E-state index is 13.7. The Morgan fingerprint density at radius 1 is 0.971 bits per heavy atom. The Morgan fingerprint density at radius 3 is 2.40 bits per heavy atom. The van der Waals surface area contributed by atoms with Crippen molar-refractivity contribution in [3.63, 3.8) is 0 Å². The molecule has 0 amide bonds. The summed E-state index contributed by atoms with van der Waals surface area (Å²) in [7, 11) is 0. The third-order valence-electron chi connectivity index (χ3n) is 5.62. The van der Waals surface area contributed by atoms with E-state index in [0.717, 1.165) is 11.1 Å². The number of nitrogens with two attached hydrogens (primary N) is 2. The SMILES string of the molecule is NCc1cccc(-c2cc(COc3cc(CN)ccc3CC(=O)O)cc3c(C(F)(F)F)coc23)c1. The van der Waals surface area contributed by atoms with Crippen LogP contribution in [0.1, 0.15) is 27.8 Å². The van der Waals surface area contributed by atoms with Crippen molar-refractivity contribution in [2.45, 2.75) is 32.3 Å². The quantitative estimate of drug-likeness (QED) is 0.315. The van der Waals surface area contributed by atoms with E-state index in [4.69, 9.17) is 20.6 Å². The normalized spacial score (nSPS) is 11.7. The highest BCUT2D eigenvalue weighted by Crippen LogP contribution is 2.40. The molecule has 9 heteroatoms.